The van der Waals surface area contributed by atoms with Crippen molar-refractivity contribution in [1.29, 1.82) is 0 Å². The Labute approximate surface area is 221 Å². The number of benzene rings is 3. The van der Waals surface area contributed by atoms with Crippen LogP contribution in [-0.2, 0) is 11.4 Å². The second-order valence-electron chi connectivity index (χ2n) is 9.23. The molecule has 7 heteroatoms. The van der Waals surface area contributed by atoms with Crippen LogP contribution in [0.1, 0.15) is 71.1 Å². The fraction of sp³-hybridized carbons (Fsp3) is 0.310. The summed E-state index contributed by atoms with van der Waals surface area (Å²) < 4.78 is 0. The molecule has 0 saturated heterocycles. The molecule has 1 fully saturated rings. The van der Waals surface area contributed by atoms with Crippen LogP contribution in [0.4, 0.5) is 0 Å². The molecule has 2 unspecified atom stereocenters. The first-order valence-corrected chi connectivity index (χ1v) is 13.0. The van der Waals surface area contributed by atoms with Crippen molar-refractivity contribution in [2.24, 2.45) is 5.73 Å². The summed E-state index contributed by atoms with van der Waals surface area (Å²) in [6.45, 7) is 0.140. The van der Waals surface area contributed by atoms with Crippen molar-refractivity contribution in [1.82, 2.24) is 4.90 Å². The summed E-state index contributed by atoms with van der Waals surface area (Å²) in [5.74, 6) is -1.18. The van der Waals surface area contributed by atoms with Crippen LogP contribution in [0.3, 0.4) is 0 Å². The first kappa shape index (κ1) is 26.2. The highest BCUT2D eigenvalue weighted by Crippen LogP contribution is 2.47. The summed E-state index contributed by atoms with van der Waals surface area (Å²) >= 11 is 12.6. The number of fused-ring (bicyclic) bond motifs is 1. The van der Waals surface area contributed by atoms with Crippen LogP contribution in [0.5, 0.6) is 0 Å². The first-order valence-electron chi connectivity index (χ1n) is 12.2. The summed E-state index contributed by atoms with van der Waals surface area (Å²) in [7, 11) is 0. The van der Waals surface area contributed by atoms with Gasteiger partial charge in [0.05, 0.1) is 18.6 Å². The number of aliphatic hydroxyl groups is 1. The van der Waals surface area contributed by atoms with Gasteiger partial charge in [-0.3, -0.25) is 9.59 Å². The van der Waals surface area contributed by atoms with Gasteiger partial charge < -0.3 is 15.7 Å². The van der Waals surface area contributed by atoms with Gasteiger partial charge in [-0.2, -0.15) is 0 Å². The molecule has 5 nitrogen and oxygen atoms in total. The Morgan fingerprint density at radius 3 is 2.19 bits per heavy atom. The first-order chi connectivity index (χ1) is 17.4. The van der Waals surface area contributed by atoms with Gasteiger partial charge in [-0.15, -0.1) is 0 Å². The fourth-order valence-electron chi connectivity index (χ4n) is 5.27. The van der Waals surface area contributed by atoms with Crippen molar-refractivity contribution in [2.75, 3.05) is 0 Å². The van der Waals surface area contributed by atoms with Gasteiger partial charge in [-0.25, -0.2) is 0 Å². The average Bonchev–Trinajstić information content (AvgIpc) is 2.90. The summed E-state index contributed by atoms with van der Waals surface area (Å²) in [6.07, 6.45) is 5.14. The fourth-order valence-corrected chi connectivity index (χ4v) is 5.79. The van der Waals surface area contributed by atoms with E-state index >= 15 is 0 Å². The van der Waals surface area contributed by atoms with Crippen LogP contribution < -0.4 is 5.73 Å². The monoisotopic (exact) mass is 524 g/mol. The molecule has 1 heterocycles. The predicted molar refractivity (Wildman–Crippen MR) is 143 cm³/mol. The average molecular weight is 525 g/mol. The number of hydrogen-bond donors (Lipinski definition) is 2. The third kappa shape index (κ3) is 5.59. The van der Waals surface area contributed by atoms with Crippen molar-refractivity contribution in [2.45, 2.75) is 56.7 Å². The van der Waals surface area contributed by atoms with E-state index in [0.717, 1.165) is 31.2 Å². The van der Waals surface area contributed by atoms with Crippen LogP contribution in [0.2, 0.25) is 10.0 Å². The van der Waals surface area contributed by atoms with E-state index in [-0.39, 0.29) is 18.6 Å². The molecule has 2 atom stereocenters. The third-order valence-corrected chi connectivity index (χ3v) is 7.52. The lowest BCUT2D eigenvalue weighted by Gasteiger charge is -2.46. The molecule has 1 saturated carbocycles. The van der Waals surface area contributed by atoms with E-state index in [1.807, 2.05) is 59.5 Å². The van der Waals surface area contributed by atoms with E-state index in [1.54, 1.807) is 18.2 Å². The van der Waals surface area contributed by atoms with E-state index in [1.165, 1.54) is 6.42 Å². The molecular formula is C29H30Cl2N2O3. The highest BCUT2D eigenvalue weighted by atomic mass is 35.5. The Kier molecular flexibility index (Phi) is 8.68. The highest BCUT2D eigenvalue weighted by molar-refractivity contribution is 6.35. The molecule has 2 aliphatic rings. The lowest BCUT2D eigenvalue weighted by Crippen LogP contribution is -2.51. The Morgan fingerprint density at radius 2 is 1.58 bits per heavy atom. The molecule has 36 heavy (non-hydrogen) atoms. The summed E-state index contributed by atoms with van der Waals surface area (Å²) in [5, 5.41) is 9.49. The smallest absolute Gasteiger partial charge is 0.254 e. The predicted octanol–water partition coefficient (Wildman–Crippen LogP) is 6.27. The van der Waals surface area contributed by atoms with Gasteiger partial charge in [-0.05, 0) is 47.7 Å². The van der Waals surface area contributed by atoms with Crippen molar-refractivity contribution in [3.05, 3.63) is 105 Å². The van der Waals surface area contributed by atoms with Crippen molar-refractivity contribution in [3.63, 3.8) is 0 Å². The van der Waals surface area contributed by atoms with Crippen LogP contribution >= 0.6 is 23.2 Å². The van der Waals surface area contributed by atoms with Gasteiger partial charge in [0.25, 0.3) is 5.91 Å². The molecule has 188 valence electrons. The minimum Gasteiger partial charge on any atom is -0.392 e. The van der Waals surface area contributed by atoms with Gasteiger partial charge in [0.1, 0.15) is 0 Å². The molecular weight excluding hydrogens is 495 g/mol. The largest absolute Gasteiger partial charge is 0.392 e. The molecule has 0 radical (unpaired) electrons. The summed E-state index contributed by atoms with van der Waals surface area (Å²) in [4.78, 5) is 28.0. The number of rotatable bonds is 4. The minimum atomic E-state index is -0.658. The molecule has 0 bridgehead atoms. The highest BCUT2D eigenvalue weighted by Gasteiger charge is 2.46. The molecule has 3 N–H and O–H groups in total. The number of hydrogen-bond acceptors (Lipinski definition) is 3. The Hall–Kier alpha value is -2.86. The maximum atomic E-state index is 13.6. The normalized spacial score (nSPS) is 19.8. The minimum absolute atomic E-state index is 0.0592. The number of nitrogens with zero attached hydrogens (tertiary/aromatic N) is 1. The van der Waals surface area contributed by atoms with Gasteiger partial charge in [0.15, 0.2) is 0 Å². The number of primary amides is 1. The number of halogens is 2. The number of amides is 2. The van der Waals surface area contributed by atoms with E-state index in [2.05, 4.69) is 0 Å². The van der Waals surface area contributed by atoms with Crippen molar-refractivity contribution >= 4 is 35.0 Å². The lowest BCUT2D eigenvalue weighted by molar-refractivity contribution is -0.121. The second kappa shape index (κ2) is 11.9. The van der Waals surface area contributed by atoms with Crippen molar-refractivity contribution < 1.29 is 14.7 Å². The molecule has 0 aromatic heterocycles. The van der Waals surface area contributed by atoms with E-state index in [4.69, 9.17) is 34.0 Å². The molecule has 3 aromatic carbocycles. The molecule has 1 aliphatic carbocycles. The van der Waals surface area contributed by atoms with Crippen LogP contribution in [-0.4, -0.2) is 27.9 Å². The quantitative estimate of drug-likeness (QED) is 0.421. The zero-order valence-electron chi connectivity index (χ0n) is 19.9. The summed E-state index contributed by atoms with van der Waals surface area (Å²) in [5.41, 5.74) is 8.78. The maximum Gasteiger partial charge on any atom is 0.254 e. The third-order valence-electron chi connectivity index (χ3n) is 6.96. The van der Waals surface area contributed by atoms with Gasteiger partial charge in [0, 0.05) is 21.7 Å². The second-order valence-corrected chi connectivity index (χ2v) is 10.1. The van der Waals surface area contributed by atoms with Crippen LogP contribution in [0.15, 0.2) is 72.8 Å². The van der Waals surface area contributed by atoms with Crippen LogP contribution in [0, 0.1) is 0 Å². The number of aliphatic hydroxyl groups excluding tert-OH is 1. The standard InChI is InChI=1S/C22H22Cl2N2O2.C7H8O/c23-13-10-11-17(18(24)12-13)20-19(21(25)27)15-8-4-5-9-16(15)22(28)26(20)14-6-2-1-3-7-14;8-6-7-4-2-1-3-5-7/h4-5,8-12,14,19-20H,1-3,6-7H2,(H2,25,27);1-5,8H,6H2. The lowest BCUT2D eigenvalue weighted by atomic mass is 9.77. The Bertz CT molecular complexity index is 1210. The van der Waals surface area contributed by atoms with Crippen molar-refractivity contribution in [3.8, 4) is 0 Å². The Morgan fingerprint density at radius 1 is 0.917 bits per heavy atom. The van der Waals surface area contributed by atoms with Crippen LogP contribution in [0.25, 0.3) is 0 Å². The molecule has 5 rings (SSSR count). The summed E-state index contributed by atoms with van der Waals surface area (Å²) in [6, 6.07) is 21.5. The van der Waals surface area contributed by atoms with E-state index < -0.39 is 17.9 Å². The maximum absolute atomic E-state index is 13.6. The number of nitrogens with two attached hydrogens (primary N) is 1. The zero-order valence-corrected chi connectivity index (χ0v) is 21.5. The Balaban J connectivity index is 0.000000325. The number of carbonyl (C=O) groups is 2. The topological polar surface area (TPSA) is 83.6 Å². The molecule has 1 aliphatic heterocycles. The van der Waals surface area contributed by atoms with Gasteiger partial charge >= 0.3 is 0 Å². The van der Waals surface area contributed by atoms with Gasteiger partial charge in [-0.1, -0.05) is 97.1 Å². The van der Waals surface area contributed by atoms with E-state index in [9.17, 15) is 9.59 Å². The zero-order chi connectivity index (χ0) is 25.7. The van der Waals surface area contributed by atoms with E-state index in [0.29, 0.717) is 26.7 Å². The number of carbonyl (C=O) groups excluding carboxylic acids is 2. The van der Waals surface area contributed by atoms with Gasteiger partial charge in [0.2, 0.25) is 5.91 Å². The SMILES string of the molecule is NC(=O)C1c2ccccc2C(=O)N(C2CCCCC2)C1c1ccc(Cl)cc1Cl.OCc1ccccc1. The molecule has 3 aromatic rings. The molecule has 0 spiro atoms. The molecule has 2 amide bonds.